The predicted molar refractivity (Wildman–Crippen MR) is 147 cm³/mol. The number of nitrogens with zero attached hydrogens (tertiary/aromatic N) is 3. The number of carbonyl (C=O) groups excluding carboxylic acids is 1. The van der Waals surface area contributed by atoms with Gasteiger partial charge in [0.2, 0.25) is 0 Å². The highest BCUT2D eigenvalue weighted by Crippen LogP contribution is 2.37. The van der Waals surface area contributed by atoms with Crippen LogP contribution in [-0.2, 0) is 0 Å². The first-order valence-electron chi connectivity index (χ1n) is 12.2. The van der Waals surface area contributed by atoms with Crippen LogP contribution >= 0.6 is 23.2 Å². The van der Waals surface area contributed by atoms with E-state index >= 15 is 0 Å². The van der Waals surface area contributed by atoms with Crippen molar-refractivity contribution in [1.29, 1.82) is 0 Å². The van der Waals surface area contributed by atoms with Gasteiger partial charge in [-0.3, -0.25) is 9.78 Å². The molecular formula is C29H25Cl2FN4O2. The highest BCUT2D eigenvalue weighted by atomic mass is 35.5. The molecule has 2 unspecified atom stereocenters. The van der Waals surface area contributed by atoms with Crippen molar-refractivity contribution >= 4 is 34.9 Å². The van der Waals surface area contributed by atoms with Gasteiger partial charge >= 0.3 is 0 Å². The molecule has 1 aliphatic rings. The second-order valence-corrected chi connectivity index (χ2v) is 10.0. The van der Waals surface area contributed by atoms with E-state index in [0.717, 1.165) is 23.1 Å². The number of hydrogen-bond donors (Lipinski definition) is 1. The maximum Gasteiger partial charge on any atom is 0.253 e. The summed E-state index contributed by atoms with van der Waals surface area (Å²) in [6, 6.07) is 15.7. The van der Waals surface area contributed by atoms with E-state index in [0.29, 0.717) is 35.9 Å². The summed E-state index contributed by atoms with van der Waals surface area (Å²) >= 11 is 12.4. The van der Waals surface area contributed by atoms with Crippen LogP contribution in [0.25, 0.3) is 11.1 Å². The largest absolute Gasteiger partial charge is 0.482 e. The Morgan fingerprint density at radius 3 is 2.66 bits per heavy atom. The molecule has 1 fully saturated rings. The topological polar surface area (TPSA) is 81.3 Å². The van der Waals surface area contributed by atoms with Gasteiger partial charge in [0.1, 0.15) is 11.9 Å². The van der Waals surface area contributed by atoms with Crippen LogP contribution in [0.4, 0.5) is 10.2 Å². The molecule has 6 nitrogen and oxygen atoms in total. The molecule has 5 rings (SSSR count). The van der Waals surface area contributed by atoms with Gasteiger partial charge in [0.15, 0.2) is 11.6 Å². The Kier molecular flexibility index (Phi) is 7.49. The molecule has 0 aliphatic carbocycles. The lowest BCUT2D eigenvalue weighted by Crippen LogP contribution is -2.28. The minimum absolute atomic E-state index is 0.0000642. The number of nitrogens with two attached hydrogens (primary N) is 1. The molecule has 1 saturated heterocycles. The Hall–Kier alpha value is -3.68. The fourth-order valence-corrected chi connectivity index (χ4v) is 5.37. The lowest BCUT2D eigenvalue weighted by molar-refractivity contribution is 0.0791. The molecule has 0 saturated carbocycles. The van der Waals surface area contributed by atoms with E-state index in [9.17, 15) is 9.18 Å². The van der Waals surface area contributed by atoms with Gasteiger partial charge in [-0.15, -0.1) is 0 Å². The first-order chi connectivity index (χ1) is 18.3. The van der Waals surface area contributed by atoms with Crippen molar-refractivity contribution in [3.05, 3.63) is 106 Å². The number of hydrogen-bond acceptors (Lipinski definition) is 5. The number of ether oxygens (including phenoxy) is 1. The monoisotopic (exact) mass is 550 g/mol. The Balaban J connectivity index is 1.30. The number of amides is 1. The summed E-state index contributed by atoms with van der Waals surface area (Å²) in [5.74, 6) is 0.196. The molecule has 0 spiro atoms. The van der Waals surface area contributed by atoms with E-state index in [1.807, 2.05) is 29.3 Å². The number of pyridine rings is 2. The molecule has 1 amide bonds. The molecule has 194 valence electrons. The molecule has 0 radical (unpaired) electrons. The van der Waals surface area contributed by atoms with E-state index < -0.39 is 11.9 Å². The molecule has 0 bridgehead atoms. The van der Waals surface area contributed by atoms with Crippen molar-refractivity contribution in [2.24, 2.45) is 0 Å². The Labute approximate surface area is 230 Å². The first-order valence-corrected chi connectivity index (χ1v) is 12.9. The molecule has 38 heavy (non-hydrogen) atoms. The normalized spacial score (nSPS) is 15.9. The SMILES string of the molecule is CC(Oc1cc(-c2ccc(C(=O)N3CCC(c4cccnc4)C3)cc2)cnc1N)c1c(Cl)ccc(F)c1Cl. The average molecular weight is 551 g/mol. The highest BCUT2D eigenvalue weighted by molar-refractivity contribution is 6.36. The summed E-state index contributed by atoms with van der Waals surface area (Å²) in [5.41, 5.74) is 9.74. The molecule has 4 aromatic rings. The molecule has 9 heteroatoms. The number of carbonyl (C=O) groups is 1. The van der Waals surface area contributed by atoms with Crippen molar-refractivity contribution < 1.29 is 13.9 Å². The second kappa shape index (κ2) is 11.0. The Morgan fingerprint density at radius 1 is 1.13 bits per heavy atom. The van der Waals surface area contributed by atoms with Gasteiger partial charge in [-0.05, 0) is 60.9 Å². The van der Waals surface area contributed by atoms with E-state index in [2.05, 4.69) is 16.0 Å². The number of nitrogen functional groups attached to an aromatic ring is 1. The smallest absolute Gasteiger partial charge is 0.253 e. The van der Waals surface area contributed by atoms with Crippen molar-refractivity contribution in [1.82, 2.24) is 14.9 Å². The van der Waals surface area contributed by atoms with Gasteiger partial charge < -0.3 is 15.4 Å². The molecule has 2 aromatic carbocycles. The summed E-state index contributed by atoms with van der Waals surface area (Å²) in [5, 5.41) is 0.189. The van der Waals surface area contributed by atoms with Crippen LogP contribution in [0.3, 0.4) is 0 Å². The van der Waals surface area contributed by atoms with E-state index in [1.165, 1.54) is 12.1 Å². The summed E-state index contributed by atoms with van der Waals surface area (Å²) in [6.45, 7) is 3.09. The zero-order valence-electron chi connectivity index (χ0n) is 20.6. The van der Waals surface area contributed by atoms with Gasteiger partial charge in [-0.2, -0.15) is 0 Å². The van der Waals surface area contributed by atoms with Gasteiger partial charge in [0, 0.05) is 59.3 Å². The van der Waals surface area contributed by atoms with Crippen molar-refractivity contribution in [2.75, 3.05) is 18.8 Å². The number of anilines is 1. The number of benzene rings is 2. The van der Waals surface area contributed by atoms with Crippen LogP contribution < -0.4 is 10.5 Å². The molecule has 3 heterocycles. The third-order valence-electron chi connectivity index (χ3n) is 6.77. The van der Waals surface area contributed by atoms with Gasteiger partial charge in [0.05, 0.1) is 5.02 Å². The first kappa shape index (κ1) is 25.9. The zero-order chi connectivity index (χ0) is 26.8. The van der Waals surface area contributed by atoms with Crippen molar-refractivity contribution in [2.45, 2.75) is 25.4 Å². The maximum atomic E-state index is 14.0. The fourth-order valence-electron chi connectivity index (χ4n) is 4.69. The third kappa shape index (κ3) is 5.30. The molecular weight excluding hydrogens is 526 g/mol. The standard InChI is InChI=1S/C29H25Cl2FN4O2/c1-17(26-23(30)8-9-24(32)27(26)31)38-25-13-22(15-35-28(25)33)18-4-6-19(7-5-18)29(37)36-12-10-21(16-36)20-3-2-11-34-14-20/h2-9,11,13-15,17,21H,10,12,16H2,1H3,(H2,33,35). The zero-order valence-corrected chi connectivity index (χ0v) is 22.1. The summed E-state index contributed by atoms with van der Waals surface area (Å²) in [6.07, 6.45) is 5.49. The van der Waals surface area contributed by atoms with Crippen LogP contribution in [0.2, 0.25) is 10.0 Å². The average Bonchev–Trinajstić information content (AvgIpc) is 3.43. The summed E-state index contributed by atoms with van der Waals surface area (Å²) in [4.78, 5) is 23.5. The number of rotatable bonds is 6. The molecule has 2 N–H and O–H groups in total. The van der Waals surface area contributed by atoms with Crippen LogP contribution in [0.5, 0.6) is 5.75 Å². The lowest BCUT2D eigenvalue weighted by Gasteiger charge is -2.19. The Morgan fingerprint density at radius 2 is 1.92 bits per heavy atom. The number of likely N-dealkylation sites (tertiary alicyclic amines) is 1. The van der Waals surface area contributed by atoms with Crippen LogP contribution in [0, 0.1) is 5.82 Å². The minimum Gasteiger partial charge on any atom is -0.482 e. The maximum absolute atomic E-state index is 14.0. The van der Waals surface area contributed by atoms with Gasteiger partial charge in [-0.1, -0.05) is 41.4 Å². The minimum atomic E-state index is -0.680. The highest BCUT2D eigenvalue weighted by Gasteiger charge is 2.28. The van der Waals surface area contributed by atoms with E-state index in [1.54, 1.807) is 37.5 Å². The summed E-state index contributed by atoms with van der Waals surface area (Å²) in [7, 11) is 0. The lowest BCUT2D eigenvalue weighted by atomic mass is 10.0. The van der Waals surface area contributed by atoms with Gasteiger partial charge in [-0.25, -0.2) is 9.37 Å². The number of halogens is 3. The quantitative estimate of drug-likeness (QED) is 0.263. The molecule has 1 aliphatic heterocycles. The van der Waals surface area contributed by atoms with Crippen LogP contribution in [0.15, 0.2) is 73.2 Å². The van der Waals surface area contributed by atoms with E-state index in [-0.39, 0.29) is 21.8 Å². The van der Waals surface area contributed by atoms with Crippen molar-refractivity contribution in [3.8, 4) is 16.9 Å². The molecule has 2 atom stereocenters. The summed E-state index contributed by atoms with van der Waals surface area (Å²) < 4.78 is 20.0. The third-order valence-corrected chi connectivity index (χ3v) is 7.48. The second-order valence-electron chi connectivity index (χ2n) is 9.22. The predicted octanol–water partition coefficient (Wildman–Crippen LogP) is 6.94. The van der Waals surface area contributed by atoms with Gasteiger partial charge in [0.25, 0.3) is 5.91 Å². The van der Waals surface area contributed by atoms with Crippen molar-refractivity contribution in [3.63, 3.8) is 0 Å². The van der Waals surface area contributed by atoms with E-state index in [4.69, 9.17) is 33.7 Å². The van der Waals surface area contributed by atoms with Crippen LogP contribution in [-0.4, -0.2) is 33.9 Å². The van der Waals surface area contributed by atoms with Crippen LogP contribution in [0.1, 0.15) is 46.9 Å². The molecule has 2 aromatic heterocycles. The fraction of sp³-hybridized carbons (Fsp3) is 0.207. The number of aromatic nitrogens is 2. The Bertz CT molecular complexity index is 1470.